The average molecular weight is 228 g/mol. The van der Waals surface area contributed by atoms with Crippen LogP contribution >= 0.6 is 15.9 Å². The second-order valence-corrected chi connectivity index (χ2v) is 3.04. The van der Waals surface area contributed by atoms with Crippen molar-refractivity contribution < 1.29 is 13.2 Å². The van der Waals surface area contributed by atoms with Gasteiger partial charge in [0.1, 0.15) is 0 Å². The molecule has 1 nitrogen and oxygen atoms in total. The summed E-state index contributed by atoms with van der Waals surface area (Å²) in [4.78, 5) is 3.38. The van der Waals surface area contributed by atoms with Crippen LogP contribution in [0.4, 0.5) is 13.2 Å². The maximum absolute atomic E-state index is 11.9. The summed E-state index contributed by atoms with van der Waals surface area (Å²) in [6.45, 7) is 0. The van der Waals surface area contributed by atoms with Gasteiger partial charge < -0.3 is 0 Å². The smallest absolute Gasteiger partial charge is 0.265 e. The van der Waals surface area contributed by atoms with Gasteiger partial charge in [-0.1, -0.05) is 12.2 Å². The van der Waals surface area contributed by atoms with Crippen molar-refractivity contribution in [3.05, 3.63) is 12.2 Å². The first-order valence-corrected chi connectivity index (χ1v) is 3.75. The third kappa shape index (κ3) is 2.32. The minimum atomic E-state index is -4.25. The van der Waals surface area contributed by atoms with E-state index in [1.54, 1.807) is 0 Å². The van der Waals surface area contributed by atoms with Gasteiger partial charge in [-0.15, -0.1) is 0 Å². The lowest BCUT2D eigenvalue weighted by Crippen LogP contribution is -2.26. The number of hydrogen-bond acceptors (Lipinski definition) is 1. The maximum Gasteiger partial charge on any atom is 0.414 e. The van der Waals surface area contributed by atoms with Gasteiger partial charge in [0.2, 0.25) is 0 Å². The van der Waals surface area contributed by atoms with Gasteiger partial charge in [0.15, 0.2) is 6.04 Å². The number of aliphatic imine (C=N–C) groups is 1. The SMILES string of the molecule is FC(F)(F)C1C=CCC(Br)=N1. The van der Waals surface area contributed by atoms with Crippen LogP contribution in [0, 0.1) is 0 Å². The molecule has 1 aliphatic heterocycles. The first-order chi connectivity index (χ1) is 5.00. The van der Waals surface area contributed by atoms with Crippen molar-refractivity contribution in [1.82, 2.24) is 0 Å². The molecule has 0 aromatic heterocycles. The summed E-state index contributed by atoms with van der Waals surface area (Å²) in [6.07, 6.45) is -1.29. The summed E-state index contributed by atoms with van der Waals surface area (Å²) in [5.41, 5.74) is 0. The Hall–Kier alpha value is -0.320. The van der Waals surface area contributed by atoms with Crippen LogP contribution in [0.25, 0.3) is 0 Å². The molecule has 0 saturated carbocycles. The molecule has 0 N–H and O–H groups in total. The normalized spacial score (nSPS) is 25.1. The molecule has 62 valence electrons. The maximum atomic E-state index is 11.9. The van der Waals surface area contributed by atoms with Crippen LogP contribution in [0.2, 0.25) is 0 Å². The first kappa shape index (κ1) is 8.77. The number of nitrogens with zero attached hydrogens (tertiary/aromatic N) is 1. The van der Waals surface area contributed by atoms with Crippen molar-refractivity contribution in [2.24, 2.45) is 4.99 Å². The molecule has 11 heavy (non-hydrogen) atoms. The van der Waals surface area contributed by atoms with E-state index in [0.717, 1.165) is 6.08 Å². The Kier molecular flexibility index (Phi) is 2.37. The van der Waals surface area contributed by atoms with E-state index in [9.17, 15) is 13.2 Å². The zero-order valence-electron chi connectivity index (χ0n) is 5.40. The molecule has 1 aliphatic rings. The summed E-state index contributed by atoms with van der Waals surface area (Å²) in [6, 6.07) is -1.66. The molecule has 0 aliphatic carbocycles. The third-order valence-corrected chi connectivity index (χ3v) is 1.75. The van der Waals surface area contributed by atoms with Gasteiger partial charge in [-0.2, -0.15) is 13.2 Å². The van der Waals surface area contributed by atoms with E-state index in [2.05, 4.69) is 20.9 Å². The largest absolute Gasteiger partial charge is 0.414 e. The predicted octanol–water partition coefficient (Wildman–Crippen LogP) is 2.67. The second-order valence-electron chi connectivity index (χ2n) is 2.12. The van der Waals surface area contributed by atoms with Crippen LogP contribution in [0.5, 0.6) is 0 Å². The number of rotatable bonds is 0. The number of alkyl halides is 3. The van der Waals surface area contributed by atoms with Gasteiger partial charge in [-0.3, -0.25) is 4.99 Å². The molecule has 5 heteroatoms. The molecule has 0 radical (unpaired) electrons. The number of allylic oxidation sites excluding steroid dienone is 1. The fourth-order valence-electron chi connectivity index (χ4n) is 0.723. The quantitative estimate of drug-likeness (QED) is 0.565. The summed E-state index contributed by atoms with van der Waals surface area (Å²) < 4.78 is 36.2. The minimum Gasteiger partial charge on any atom is -0.265 e. The summed E-state index contributed by atoms with van der Waals surface area (Å²) in [7, 11) is 0. The zero-order chi connectivity index (χ0) is 8.48. The summed E-state index contributed by atoms with van der Waals surface area (Å²) in [5, 5.41) is 0. The molecule has 0 bridgehead atoms. The van der Waals surface area contributed by atoms with Crippen molar-refractivity contribution in [3.63, 3.8) is 0 Å². The van der Waals surface area contributed by atoms with Crippen LogP contribution < -0.4 is 0 Å². The van der Waals surface area contributed by atoms with Gasteiger partial charge in [0.25, 0.3) is 0 Å². The van der Waals surface area contributed by atoms with Gasteiger partial charge in [-0.25, -0.2) is 0 Å². The van der Waals surface area contributed by atoms with E-state index in [0.29, 0.717) is 11.0 Å². The lowest BCUT2D eigenvalue weighted by atomic mass is 10.2. The molecule has 0 spiro atoms. The molecule has 0 fully saturated rings. The van der Waals surface area contributed by atoms with E-state index < -0.39 is 12.2 Å². The van der Waals surface area contributed by atoms with E-state index in [4.69, 9.17) is 0 Å². The summed E-state index contributed by atoms with van der Waals surface area (Å²) >= 11 is 2.92. The molecule has 1 atom stereocenters. The Labute approximate surface area is 70.1 Å². The van der Waals surface area contributed by atoms with Crippen molar-refractivity contribution in [2.45, 2.75) is 18.6 Å². The van der Waals surface area contributed by atoms with Crippen LogP contribution in [-0.4, -0.2) is 16.8 Å². The molecule has 1 rings (SSSR count). The van der Waals surface area contributed by atoms with E-state index in [1.165, 1.54) is 6.08 Å². The molecule has 0 amide bonds. The highest BCUT2D eigenvalue weighted by molar-refractivity contribution is 9.18. The Bertz CT molecular complexity index is 206. The van der Waals surface area contributed by atoms with Gasteiger partial charge in [0.05, 0.1) is 4.62 Å². The highest BCUT2D eigenvalue weighted by atomic mass is 79.9. The zero-order valence-corrected chi connectivity index (χ0v) is 6.98. The van der Waals surface area contributed by atoms with E-state index in [-0.39, 0.29) is 0 Å². The van der Waals surface area contributed by atoms with Crippen molar-refractivity contribution in [3.8, 4) is 0 Å². The first-order valence-electron chi connectivity index (χ1n) is 2.95. The second kappa shape index (κ2) is 2.97. The molecule has 1 unspecified atom stereocenters. The molecule has 0 aromatic carbocycles. The lowest BCUT2D eigenvalue weighted by molar-refractivity contribution is -0.136. The van der Waals surface area contributed by atoms with Gasteiger partial charge in [-0.05, 0) is 15.9 Å². The Morgan fingerprint density at radius 3 is 2.55 bits per heavy atom. The fraction of sp³-hybridized carbons (Fsp3) is 0.500. The highest BCUT2D eigenvalue weighted by Crippen LogP contribution is 2.26. The average Bonchev–Trinajstić information content (AvgIpc) is 1.86. The predicted molar refractivity (Wildman–Crippen MR) is 40.0 cm³/mol. The molecule has 0 saturated heterocycles. The third-order valence-electron chi connectivity index (χ3n) is 1.22. The van der Waals surface area contributed by atoms with Crippen molar-refractivity contribution in [1.29, 1.82) is 0 Å². The van der Waals surface area contributed by atoms with E-state index >= 15 is 0 Å². The van der Waals surface area contributed by atoms with Crippen LogP contribution in [0.15, 0.2) is 17.1 Å². The topological polar surface area (TPSA) is 12.4 Å². The highest BCUT2D eigenvalue weighted by Gasteiger charge is 2.38. The van der Waals surface area contributed by atoms with Gasteiger partial charge >= 0.3 is 6.18 Å². The Balaban J connectivity index is 2.74. The number of hydrogen-bond donors (Lipinski definition) is 0. The van der Waals surface area contributed by atoms with Crippen LogP contribution in [0.1, 0.15) is 6.42 Å². The van der Waals surface area contributed by atoms with E-state index in [1.807, 2.05) is 0 Å². The summed E-state index contributed by atoms with van der Waals surface area (Å²) in [5.74, 6) is 0. The molecular weight excluding hydrogens is 223 g/mol. The monoisotopic (exact) mass is 227 g/mol. The number of dihydropyridines is 1. The minimum absolute atomic E-state index is 0.349. The molecular formula is C6H5BrF3N. The number of halogens is 4. The molecule has 0 aromatic rings. The van der Waals surface area contributed by atoms with Crippen molar-refractivity contribution >= 4 is 20.6 Å². The molecule has 1 heterocycles. The lowest BCUT2D eigenvalue weighted by Gasteiger charge is -2.15. The fourth-order valence-corrected chi connectivity index (χ4v) is 1.13. The van der Waals surface area contributed by atoms with Crippen LogP contribution in [0.3, 0.4) is 0 Å². The standard InChI is InChI=1S/C6H5BrF3N/c7-5-3-1-2-4(11-5)6(8,9)10/h1-2,4H,3H2. The Morgan fingerprint density at radius 2 is 2.18 bits per heavy atom. The van der Waals surface area contributed by atoms with Crippen LogP contribution in [-0.2, 0) is 0 Å². The Morgan fingerprint density at radius 1 is 1.55 bits per heavy atom. The van der Waals surface area contributed by atoms with Gasteiger partial charge in [0, 0.05) is 6.42 Å². The van der Waals surface area contributed by atoms with Crippen molar-refractivity contribution in [2.75, 3.05) is 0 Å².